The van der Waals surface area contributed by atoms with E-state index in [-0.39, 0.29) is 10.6 Å². The van der Waals surface area contributed by atoms with Crippen molar-refractivity contribution < 1.29 is 13.2 Å². The zero-order valence-electron chi connectivity index (χ0n) is 11.6. The van der Waals surface area contributed by atoms with E-state index in [2.05, 4.69) is 6.07 Å². The van der Waals surface area contributed by atoms with Crippen LogP contribution in [0.15, 0.2) is 59.5 Å². The SMILES string of the molecule is COc1cccc(S(=O)(=O)CC(C#N)c2ccccc2)c1. The fourth-order valence-electron chi connectivity index (χ4n) is 2.00. The molecule has 0 fully saturated rings. The predicted octanol–water partition coefficient (Wildman–Crippen LogP) is 2.78. The summed E-state index contributed by atoms with van der Waals surface area (Å²) in [5.74, 6) is -0.465. The lowest BCUT2D eigenvalue weighted by Gasteiger charge is -2.11. The molecule has 0 bridgehead atoms. The molecule has 0 spiro atoms. The van der Waals surface area contributed by atoms with Crippen molar-refractivity contribution >= 4 is 9.84 Å². The molecule has 0 saturated carbocycles. The molecule has 0 aliphatic rings. The number of methoxy groups -OCH3 is 1. The zero-order valence-corrected chi connectivity index (χ0v) is 12.4. The van der Waals surface area contributed by atoms with Gasteiger partial charge < -0.3 is 4.74 Å². The molecule has 0 aliphatic heterocycles. The first-order valence-corrected chi connectivity index (χ1v) is 8.03. The molecule has 0 aliphatic carbocycles. The van der Waals surface area contributed by atoms with Gasteiger partial charge in [0.15, 0.2) is 9.84 Å². The van der Waals surface area contributed by atoms with Gasteiger partial charge in [-0.15, -0.1) is 0 Å². The number of hydrogen-bond donors (Lipinski definition) is 0. The number of nitrogens with zero attached hydrogens (tertiary/aromatic N) is 1. The molecular formula is C16H15NO3S. The molecule has 2 aromatic carbocycles. The van der Waals surface area contributed by atoms with E-state index >= 15 is 0 Å². The molecule has 0 heterocycles. The second-order valence-corrected chi connectivity index (χ2v) is 6.59. The number of benzene rings is 2. The van der Waals surface area contributed by atoms with Gasteiger partial charge in [-0.05, 0) is 23.8 Å². The van der Waals surface area contributed by atoms with E-state index in [1.807, 2.05) is 6.07 Å². The fraction of sp³-hybridized carbons (Fsp3) is 0.188. The predicted molar refractivity (Wildman–Crippen MR) is 79.8 cm³/mol. The van der Waals surface area contributed by atoms with Crippen LogP contribution in [0.2, 0.25) is 0 Å². The third kappa shape index (κ3) is 3.61. The van der Waals surface area contributed by atoms with Gasteiger partial charge in [-0.25, -0.2) is 8.42 Å². The third-order valence-corrected chi connectivity index (χ3v) is 4.89. The van der Waals surface area contributed by atoms with E-state index in [1.54, 1.807) is 36.4 Å². The molecule has 21 heavy (non-hydrogen) atoms. The lowest BCUT2D eigenvalue weighted by molar-refractivity contribution is 0.413. The Labute approximate surface area is 124 Å². The molecule has 4 nitrogen and oxygen atoms in total. The standard InChI is InChI=1S/C16H15NO3S/c1-20-15-8-5-9-16(10-15)21(18,19)12-14(11-17)13-6-3-2-4-7-13/h2-10,14H,12H2,1H3. The van der Waals surface area contributed by atoms with Crippen LogP contribution in [0.3, 0.4) is 0 Å². The summed E-state index contributed by atoms with van der Waals surface area (Å²) in [7, 11) is -2.07. The third-order valence-electron chi connectivity index (χ3n) is 3.14. The Hall–Kier alpha value is -2.32. The van der Waals surface area contributed by atoms with Gasteiger partial charge in [0.25, 0.3) is 0 Å². The molecule has 108 valence electrons. The first-order valence-electron chi connectivity index (χ1n) is 6.38. The van der Waals surface area contributed by atoms with Crippen LogP contribution in [-0.4, -0.2) is 21.3 Å². The van der Waals surface area contributed by atoms with Crippen LogP contribution in [0, 0.1) is 11.3 Å². The van der Waals surface area contributed by atoms with Gasteiger partial charge in [0.2, 0.25) is 0 Å². The molecule has 0 aromatic heterocycles. The second kappa shape index (κ2) is 6.42. The van der Waals surface area contributed by atoms with Gasteiger partial charge in [0, 0.05) is 0 Å². The summed E-state index contributed by atoms with van der Waals surface area (Å²) in [4.78, 5) is 0.165. The van der Waals surface area contributed by atoms with Crippen molar-refractivity contribution in [1.82, 2.24) is 0 Å². The minimum atomic E-state index is -3.55. The van der Waals surface area contributed by atoms with Gasteiger partial charge >= 0.3 is 0 Å². The van der Waals surface area contributed by atoms with E-state index in [1.165, 1.54) is 19.2 Å². The highest BCUT2D eigenvalue weighted by molar-refractivity contribution is 7.91. The molecule has 0 saturated heterocycles. The summed E-state index contributed by atoms with van der Waals surface area (Å²) in [6, 6.07) is 17.3. The number of nitriles is 1. The molecular weight excluding hydrogens is 286 g/mol. The van der Waals surface area contributed by atoms with Crippen molar-refractivity contribution in [2.75, 3.05) is 12.9 Å². The number of sulfone groups is 1. The van der Waals surface area contributed by atoms with Crippen LogP contribution in [0.25, 0.3) is 0 Å². The number of ether oxygens (including phenoxy) is 1. The Kier molecular flexibility index (Phi) is 4.61. The van der Waals surface area contributed by atoms with Crippen LogP contribution in [0.4, 0.5) is 0 Å². The minimum absolute atomic E-state index is 0.165. The summed E-state index contributed by atoms with van der Waals surface area (Å²) in [5.41, 5.74) is 0.700. The smallest absolute Gasteiger partial charge is 0.180 e. The van der Waals surface area contributed by atoms with E-state index in [0.717, 1.165) is 0 Å². The Morgan fingerprint density at radius 1 is 1.14 bits per heavy atom. The van der Waals surface area contributed by atoms with Crippen molar-refractivity contribution in [3.63, 3.8) is 0 Å². The quantitative estimate of drug-likeness (QED) is 0.851. The highest BCUT2D eigenvalue weighted by Gasteiger charge is 2.22. The summed E-state index contributed by atoms with van der Waals surface area (Å²) < 4.78 is 29.9. The summed E-state index contributed by atoms with van der Waals surface area (Å²) in [6.45, 7) is 0. The van der Waals surface area contributed by atoms with Gasteiger partial charge in [0.05, 0.1) is 29.7 Å². The first kappa shape index (κ1) is 15.1. The van der Waals surface area contributed by atoms with Crippen LogP contribution in [0.1, 0.15) is 11.5 Å². The Morgan fingerprint density at radius 2 is 1.86 bits per heavy atom. The first-order chi connectivity index (χ1) is 10.1. The minimum Gasteiger partial charge on any atom is -0.497 e. The highest BCUT2D eigenvalue weighted by Crippen LogP contribution is 2.23. The summed E-state index contributed by atoms with van der Waals surface area (Å²) >= 11 is 0. The van der Waals surface area contributed by atoms with Gasteiger partial charge in [-0.2, -0.15) is 5.26 Å². The van der Waals surface area contributed by atoms with Crippen molar-refractivity contribution in [3.8, 4) is 11.8 Å². The van der Waals surface area contributed by atoms with Crippen LogP contribution in [-0.2, 0) is 9.84 Å². The molecule has 2 aromatic rings. The van der Waals surface area contributed by atoms with Gasteiger partial charge in [-0.1, -0.05) is 36.4 Å². The second-order valence-electron chi connectivity index (χ2n) is 4.55. The molecule has 0 radical (unpaired) electrons. The average Bonchev–Trinajstić information content (AvgIpc) is 2.53. The lowest BCUT2D eigenvalue weighted by Crippen LogP contribution is -2.14. The van der Waals surface area contributed by atoms with Crippen molar-refractivity contribution in [2.24, 2.45) is 0 Å². The normalized spacial score (nSPS) is 12.4. The summed E-state index contributed by atoms with van der Waals surface area (Å²) in [5, 5.41) is 9.25. The maximum atomic E-state index is 12.4. The van der Waals surface area contributed by atoms with Crippen LogP contribution in [0.5, 0.6) is 5.75 Å². The number of hydrogen-bond acceptors (Lipinski definition) is 4. The van der Waals surface area contributed by atoms with Crippen LogP contribution < -0.4 is 4.74 Å². The fourth-order valence-corrected chi connectivity index (χ4v) is 3.48. The largest absolute Gasteiger partial charge is 0.497 e. The summed E-state index contributed by atoms with van der Waals surface area (Å²) in [6.07, 6.45) is 0. The van der Waals surface area contributed by atoms with E-state index in [9.17, 15) is 13.7 Å². The number of rotatable bonds is 5. The highest BCUT2D eigenvalue weighted by atomic mass is 32.2. The van der Waals surface area contributed by atoms with E-state index in [0.29, 0.717) is 11.3 Å². The van der Waals surface area contributed by atoms with Crippen molar-refractivity contribution in [2.45, 2.75) is 10.8 Å². The van der Waals surface area contributed by atoms with Gasteiger partial charge in [0.1, 0.15) is 5.75 Å². The molecule has 0 amide bonds. The maximum Gasteiger partial charge on any atom is 0.180 e. The maximum absolute atomic E-state index is 12.4. The molecule has 0 N–H and O–H groups in total. The Bertz CT molecular complexity index is 749. The Morgan fingerprint density at radius 3 is 2.48 bits per heavy atom. The molecule has 1 atom stereocenters. The van der Waals surface area contributed by atoms with E-state index in [4.69, 9.17) is 4.74 Å². The van der Waals surface area contributed by atoms with Gasteiger partial charge in [-0.3, -0.25) is 0 Å². The molecule has 1 unspecified atom stereocenters. The average molecular weight is 301 g/mol. The van der Waals surface area contributed by atoms with Crippen molar-refractivity contribution in [3.05, 3.63) is 60.2 Å². The topological polar surface area (TPSA) is 67.2 Å². The lowest BCUT2D eigenvalue weighted by atomic mass is 10.0. The zero-order chi connectivity index (χ0) is 15.3. The molecule has 5 heteroatoms. The van der Waals surface area contributed by atoms with E-state index < -0.39 is 15.8 Å². The monoisotopic (exact) mass is 301 g/mol. The Balaban J connectivity index is 2.30. The van der Waals surface area contributed by atoms with Crippen LogP contribution >= 0.6 is 0 Å². The van der Waals surface area contributed by atoms with Crippen molar-refractivity contribution in [1.29, 1.82) is 5.26 Å². The molecule has 2 rings (SSSR count).